The van der Waals surface area contributed by atoms with E-state index in [2.05, 4.69) is 24.0 Å². The predicted octanol–water partition coefficient (Wildman–Crippen LogP) is 2.25. The van der Waals surface area contributed by atoms with Crippen molar-refractivity contribution in [3.05, 3.63) is 48.0 Å². The van der Waals surface area contributed by atoms with Crippen LogP contribution >= 0.6 is 0 Å². The summed E-state index contributed by atoms with van der Waals surface area (Å²) in [6, 6.07) is 6.19. The summed E-state index contributed by atoms with van der Waals surface area (Å²) in [7, 11) is 1.70. The van der Waals surface area contributed by atoms with Crippen molar-refractivity contribution in [3.8, 4) is 5.75 Å². The summed E-state index contributed by atoms with van der Waals surface area (Å²) in [6.45, 7) is 2.88. The number of hydrogen-bond acceptors (Lipinski definition) is 2. The summed E-state index contributed by atoms with van der Waals surface area (Å²) in [4.78, 5) is 4.02. The van der Waals surface area contributed by atoms with Gasteiger partial charge in [-0.2, -0.15) is 0 Å². The number of aromatic nitrogens is 2. The number of rotatable bonds is 3. The third kappa shape index (κ3) is 2.18. The third-order valence-electron chi connectivity index (χ3n) is 2.35. The Labute approximate surface area is 89.3 Å². The van der Waals surface area contributed by atoms with E-state index in [1.807, 2.05) is 23.2 Å². The van der Waals surface area contributed by atoms with E-state index >= 15 is 0 Å². The standard InChI is InChI=1S/C12H14N2O/c1-10-3-4-12(15-2)11(7-10)8-14-6-5-13-9-14/h3-7,9H,8H2,1-2H3. The van der Waals surface area contributed by atoms with Gasteiger partial charge in [0, 0.05) is 18.0 Å². The summed E-state index contributed by atoms with van der Waals surface area (Å²) in [6.07, 6.45) is 5.53. The van der Waals surface area contributed by atoms with E-state index in [4.69, 9.17) is 4.74 Å². The maximum atomic E-state index is 5.32. The van der Waals surface area contributed by atoms with Gasteiger partial charge >= 0.3 is 0 Å². The van der Waals surface area contributed by atoms with Crippen molar-refractivity contribution in [1.29, 1.82) is 0 Å². The Morgan fingerprint density at radius 1 is 1.40 bits per heavy atom. The van der Waals surface area contributed by atoms with Gasteiger partial charge in [-0.05, 0) is 13.0 Å². The molecule has 1 heterocycles. The first-order valence-corrected chi connectivity index (χ1v) is 4.89. The van der Waals surface area contributed by atoms with Gasteiger partial charge in [0.2, 0.25) is 0 Å². The van der Waals surface area contributed by atoms with Crippen LogP contribution in [0, 0.1) is 6.92 Å². The second kappa shape index (κ2) is 4.17. The average Bonchev–Trinajstić information content (AvgIpc) is 2.71. The number of benzene rings is 1. The number of nitrogens with zero attached hydrogens (tertiary/aromatic N) is 2. The van der Waals surface area contributed by atoms with Crippen LogP contribution in [-0.2, 0) is 6.54 Å². The lowest BCUT2D eigenvalue weighted by Crippen LogP contribution is -1.99. The van der Waals surface area contributed by atoms with Crippen LogP contribution < -0.4 is 4.74 Å². The lowest BCUT2D eigenvalue weighted by Gasteiger charge is -2.09. The van der Waals surface area contributed by atoms with Gasteiger partial charge in [0.15, 0.2) is 0 Å². The molecule has 0 spiro atoms. The highest BCUT2D eigenvalue weighted by Crippen LogP contribution is 2.20. The van der Waals surface area contributed by atoms with Crippen molar-refractivity contribution in [3.63, 3.8) is 0 Å². The van der Waals surface area contributed by atoms with Crippen molar-refractivity contribution in [2.75, 3.05) is 7.11 Å². The summed E-state index contributed by atoms with van der Waals surface area (Å²) in [5.74, 6) is 0.925. The molecule has 15 heavy (non-hydrogen) atoms. The lowest BCUT2D eigenvalue weighted by molar-refractivity contribution is 0.408. The Hall–Kier alpha value is -1.77. The van der Waals surface area contributed by atoms with Gasteiger partial charge in [0.25, 0.3) is 0 Å². The van der Waals surface area contributed by atoms with Gasteiger partial charge in [-0.15, -0.1) is 0 Å². The smallest absolute Gasteiger partial charge is 0.123 e. The predicted molar refractivity (Wildman–Crippen MR) is 59.1 cm³/mol. The number of hydrogen-bond donors (Lipinski definition) is 0. The maximum Gasteiger partial charge on any atom is 0.123 e. The molecule has 0 bridgehead atoms. The molecule has 0 amide bonds. The summed E-state index contributed by atoms with van der Waals surface area (Å²) >= 11 is 0. The Kier molecular flexibility index (Phi) is 2.72. The van der Waals surface area contributed by atoms with Crippen LogP contribution in [0.15, 0.2) is 36.9 Å². The minimum Gasteiger partial charge on any atom is -0.496 e. The fraction of sp³-hybridized carbons (Fsp3) is 0.250. The zero-order chi connectivity index (χ0) is 10.7. The Morgan fingerprint density at radius 3 is 2.93 bits per heavy atom. The molecule has 0 N–H and O–H groups in total. The van der Waals surface area contributed by atoms with Gasteiger partial charge in [-0.25, -0.2) is 4.98 Å². The minimum atomic E-state index is 0.796. The Morgan fingerprint density at radius 2 is 2.27 bits per heavy atom. The molecule has 1 aromatic heterocycles. The van der Waals surface area contributed by atoms with Crippen LogP contribution in [0.3, 0.4) is 0 Å². The second-order valence-corrected chi connectivity index (χ2v) is 3.55. The first-order valence-electron chi connectivity index (χ1n) is 4.89. The molecule has 0 saturated carbocycles. The van der Waals surface area contributed by atoms with Crippen LogP contribution in [0.25, 0.3) is 0 Å². The van der Waals surface area contributed by atoms with Crippen LogP contribution in [0.4, 0.5) is 0 Å². The zero-order valence-electron chi connectivity index (χ0n) is 8.97. The van der Waals surface area contributed by atoms with Gasteiger partial charge < -0.3 is 9.30 Å². The summed E-state index contributed by atoms with van der Waals surface area (Å²) in [5.41, 5.74) is 2.42. The van der Waals surface area contributed by atoms with Crippen LogP contribution in [0.5, 0.6) is 5.75 Å². The Bertz CT molecular complexity index is 435. The molecule has 0 fully saturated rings. The molecule has 3 heteroatoms. The van der Waals surface area contributed by atoms with Gasteiger partial charge in [-0.1, -0.05) is 17.7 Å². The van der Waals surface area contributed by atoms with E-state index in [1.54, 1.807) is 13.3 Å². The molecule has 3 nitrogen and oxygen atoms in total. The molecule has 0 aliphatic rings. The van der Waals surface area contributed by atoms with Crippen molar-refractivity contribution < 1.29 is 4.74 Å². The average molecular weight is 202 g/mol. The van der Waals surface area contributed by atoms with Gasteiger partial charge in [0.05, 0.1) is 20.0 Å². The first kappa shape index (κ1) is 9.77. The molecular formula is C12H14N2O. The number of aryl methyl sites for hydroxylation is 1. The molecule has 0 radical (unpaired) electrons. The quantitative estimate of drug-likeness (QED) is 0.763. The zero-order valence-corrected chi connectivity index (χ0v) is 8.97. The fourth-order valence-corrected chi connectivity index (χ4v) is 1.61. The lowest BCUT2D eigenvalue weighted by atomic mass is 10.1. The van der Waals surface area contributed by atoms with E-state index in [-0.39, 0.29) is 0 Å². The molecular weight excluding hydrogens is 188 g/mol. The normalized spacial score (nSPS) is 10.3. The van der Waals surface area contributed by atoms with E-state index in [9.17, 15) is 0 Å². The monoisotopic (exact) mass is 202 g/mol. The maximum absolute atomic E-state index is 5.32. The van der Waals surface area contributed by atoms with Crippen molar-refractivity contribution in [1.82, 2.24) is 9.55 Å². The summed E-state index contributed by atoms with van der Waals surface area (Å²) < 4.78 is 7.34. The molecule has 2 aromatic rings. The van der Waals surface area contributed by atoms with Crippen LogP contribution in [0.1, 0.15) is 11.1 Å². The van der Waals surface area contributed by atoms with E-state index in [1.165, 1.54) is 11.1 Å². The van der Waals surface area contributed by atoms with Gasteiger partial charge in [-0.3, -0.25) is 0 Å². The highest BCUT2D eigenvalue weighted by Gasteiger charge is 2.03. The van der Waals surface area contributed by atoms with Crippen molar-refractivity contribution >= 4 is 0 Å². The van der Waals surface area contributed by atoms with E-state index in [0.29, 0.717) is 0 Å². The molecule has 78 valence electrons. The third-order valence-corrected chi connectivity index (χ3v) is 2.35. The number of ether oxygens (including phenoxy) is 1. The topological polar surface area (TPSA) is 27.1 Å². The number of methoxy groups -OCH3 is 1. The molecule has 0 unspecified atom stereocenters. The highest BCUT2D eigenvalue weighted by molar-refractivity contribution is 5.36. The molecule has 0 atom stereocenters. The van der Waals surface area contributed by atoms with Crippen LogP contribution in [-0.4, -0.2) is 16.7 Å². The molecule has 0 aliphatic carbocycles. The van der Waals surface area contributed by atoms with Crippen LogP contribution in [0.2, 0.25) is 0 Å². The highest BCUT2D eigenvalue weighted by atomic mass is 16.5. The molecule has 1 aromatic carbocycles. The molecule has 2 rings (SSSR count). The summed E-state index contributed by atoms with van der Waals surface area (Å²) in [5, 5.41) is 0. The van der Waals surface area contributed by atoms with E-state index in [0.717, 1.165) is 12.3 Å². The fourth-order valence-electron chi connectivity index (χ4n) is 1.61. The van der Waals surface area contributed by atoms with Crippen molar-refractivity contribution in [2.45, 2.75) is 13.5 Å². The minimum absolute atomic E-state index is 0.796. The molecule has 0 saturated heterocycles. The second-order valence-electron chi connectivity index (χ2n) is 3.55. The first-order chi connectivity index (χ1) is 7.29. The Balaban J connectivity index is 2.30. The largest absolute Gasteiger partial charge is 0.496 e. The molecule has 0 aliphatic heterocycles. The number of imidazole rings is 1. The SMILES string of the molecule is COc1ccc(C)cc1Cn1ccnc1. The van der Waals surface area contributed by atoms with Gasteiger partial charge in [0.1, 0.15) is 5.75 Å². The van der Waals surface area contributed by atoms with Crippen molar-refractivity contribution in [2.24, 2.45) is 0 Å². The van der Waals surface area contributed by atoms with E-state index < -0.39 is 0 Å².